The first-order valence-electron chi connectivity index (χ1n) is 4.34. The van der Waals surface area contributed by atoms with Gasteiger partial charge in [0, 0.05) is 0 Å². The summed E-state index contributed by atoms with van der Waals surface area (Å²) < 4.78 is 13.4. The zero-order chi connectivity index (χ0) is 9.26. The first kappa shape index (κ1) is 9.07. The monoisotopic (exact) mass is 364 g/mol. The molecule has 0 N–H and O–H groups in total. The Morgan fingerprint density at radius 1 is 0.846 bits per heavy atom. The van der Waals surface area contributed by atoms with Crippen molar-refractivity contribution < 1.29 is 33.4 Å². The molecule has 64 valence electrons. The number of hydrogen-bond acceptors (Lipinski definition) is 2. The van der Waals surface area contributed by atoms with Gasteiger partial charge >= 0.3 is 89.6 Å². The van der Waals surface area contributed by atoms with Crippen LogP contribution in [-0.4, -0.2) is 0 Å². The van der Waals surface area contributed by atoms with Crippen molar-refractivity contribution in [1.82, 2.24) is 0 Å². The zero-order valence-corrected chi connectivity index (χ0v) is 13.3. The molecule has 3 heteroatoms. The summed E-state index contributed by atoms with van der Waals surface area (Å²) in [6.07, 6.45) is 0. The van der Waals surface area contributed by atoms with Crippen molar-refractivity contribution in [2.24, 2.45) is 0 Å². The topological polar surface area (TPSA) is 26.3 Å². The fraction of sp³-hybridized carbons (Fsp3) is 0.200. The van der Waals surface area contributed by atoms with Gasteiger partial charge in [0.05, 0.1) is 0 Å². The van der Waals surface area contributed by atoms with Crippen LogP contribution in [0.3, 0.4) is 0 Å². The molecule has 0 unspecified atom stereocenters. The summed E-state index contributed by atoms with van der Waals surface area (Å²) in [5.41, 5.74) is 0. The summed E-state index contributed by atoms with van der Waals surface area (Å²) in [5.74, 6) is 2.00. The first-order valence-corrected chi connectivity index (χ1v) is 9.84. The van der Waals surface area contributed by atoms with Crippen molar-refractivity contribution >= 4 is 6.54 Å². The Morgan fingerprint density at radius 3 is 1.62 bits per heavy atom. The zero-order valence-electron chi connectivity index (χ0n) is 7.83. The van der Waals surface area contributed by atoms with Crippen LogP contribution in [0.5, 0.6) is 0 Å². The van der Waals surface area contributed by atoms with E-state index in [2.05, 4.69) is 12.1 Å². The molecule has 2 aromatic rings. The van der Waals surface area contributed by atoms with Gasteiger partial charge in [-0.1, -0.05) is 0 Å². The van der Waals surface area contributed by atoms with Crippen molar-refractivity contribution in [3.63, 3.8) is 0 Å². The molecular weight excluding hydrogens is 353 g/mol. The van der Waals surface area contributed by atoms with E-state index in [1.807, 2.05) is 26.0 Å². The van der Waals surface area contributed by atoms with Gasteiger partial charge in [0.15, 0.2) is 0 Å². The first-order chi connectivity index (χ1) is 6.24. The van der Waals surface area contributed by atoms with Gasteiger partial charge in [0.1, 0.15) is 0 Å². The quantitative estimate of drug-likeness (QED) is 0.757. The summed E-state index contributed by atoms with van der Waals surface area (Å²) >= 11 is -1.28. The summed E-state index contributed by atoms with van der Waals surface area (Å²) in [4.78, 5) is 0. The number of furan rings is 2. The molecule has 0 saturated carbocycles. The minimum atomic E-state index is -1.28. The van der Waals surface area contributed by atoms with Crippen molar-refractivity contribution in [2.75, 3.05) is 0 Å². The van der Waals surface area contributed by atoms with Crippen LogP contribution in [-0.2, 0) is 24.6 Å². The molecule has 0 aliphatic carbocycles. The Balaban J connectivity index is 2.14. The molecule has 2 heterocycles. The molecule has 0 spiro atoms. The van der Waals surface area contributed by atoms with Gasteiger partial charge in [-0.2, -0.15) is 0 Å². The predicted octanol–water partition coefficient (Wildman–Crippen LogP) is 1.52. The second-order valence-corrected chi connectivity index (χ2v) is 9.99. The van der Waals surface area contributed by atoms with Gasteiger partial charge in [-0.25, -0.2) is 0 Å². The minimum absolute atomic E-state index is 0.998. The van der Waals surface area contributed by atoms with E-state index in [4.69, 9.17) is 8.83 Å². The maximum absolute atomic E-state index is 5.54. The van der Waals surface area contributed by atoms with Crippen molar-refractivity contribution in [3.8, 4) is 0 Å². The SMILES string of the molecule is Cc1cc[c]([Hg][c]2ccc(C)o2)o1. The van der Waals surface area contributed by atoms with Crippen LogP contribution in [0.15, 0.2) is 33.1 Å². The molecule has 13 heavy (non-hydrogen) atoms. The maximum atomic E-state index is 5.54. The van der Waals surface area contributed by atoms with E-state index in [9.17, 15) is 0 Å². The van der Waals surface area contributed by atoms with Crippen molar-refractivity contribution in [2.45, 2.75) is 13.8 Å². The molecule has 0 aliphatic rings. The Kier molecular flexibility index (Phi) is 2.58. The van der Waals surface area contributed by atoms with E-state index in [0.717, 1.165) is 11.5 Å². The molecule has 0 fully saturated rings. The van der Waals surface area contributed by atoms with E-state index < -0.39 is 24.6 Å². The van der Waals surface area contributed by atoms with Crippen LogP contribution in [0.1, 0.15) is 11.5 Å². The van der Waals surface area contributed by atoms with Crippen LogP contribution in [0.2, 0.25) is 0 Å². The number of hydrogen-bond donors (Lipinski definition) is 0. The van der Waals surface area contributed by atoms with E-state index in [1.54, 1.807) is 0 Å². The van der Waals surface area contributed by atoms with Crippen LogP contribution in [0.4, 0.5) is 0 Å². The third kappa shape index (κ3) is 2.24. The van der Waals surface area contributed by atoms with Gasteiger partial charge in [0.25, 0.3) is 0 Å². The molecule has 0 bridgehead atoms. The third-order valence-electron chi connectivity index (χ3n) is 1.94. The molecular formula is C10H10HgO2. The summed E-state index contributed by atoms with van der Waals surface area (Å²) in [6, 6.07) is 8.19. The van der Waals surface area contributed by atoms with E-state index in [1.165, 1.54) is 6.54 Å². The van der Waals surface area contributed by atoms with Gasteiger partial charge in [-0.05, 0) is 0 Å². The van der Waals surface area contributed by atoms with Gasteiger partial charge < -0.3 is 0 Å². The van der Waals surface area contributed by atoms with E-state index in [0.29, 0.717) is 0 Å². The third-order valence-corrected chi connectivity index (χ3v) is 7.60. The Bertz CT molecular complexity index is 362. The molecule has 0 aliphatic heterocycles. The average molecular weight is 363 g/mol. The van der Waals surface area contributed by atoms with Gasteiger partial charge in [-0.15, -0.1) is 0 Å². The standard InChI is InChI=1S/2C5H5O.Hg/c2*1-5-3-2-4-6-5;/h2*2-3H,1H3;. The van der Waals surface area contributed by atoms with Crippen LogP contribution >= 0.6 is 0 Å². The fourth-order valence-electron chi connectivity index (χ4n) is 1.33. The van der Waals surface area contributed by atoms with Crippen molar-refractivity contribution in [3.05, 3.63) is 35.8 Å². The second-order valence-electron chi connectivity index (χ2n) is 3.20. The van der Waals surface area contributed by atoms with Crippen LogP contribution < -0.4 is 6.54 Å². The average Bonchev–Trinajstić information content (AvgIpc) is 2.62. The fourth-order valence-corrected chi connectivity index (χ4v) is 6.83. The van der Waals surface area contributed by atoms with Crippen LogP contribution in [0.25, 0.3) is 0 Å². The normalized spacial score (nSPS) is 10.0. The van der Waals surface area contributed by atoms with E-state index in [-0.39, 0.29) is 0 Å². The molecule has 0 saturated heterocycles. The van der Waals surface area contributed by atoms with E-state index >= 15 is 0 Å². The molecule has 2 aromatic heterocycles. The molecule has 2 rings (SSSR count). The molecule has 0 aromatic carbocycles. The Labute approximate surface area is 89.4 Å². The predicted molar refractivity (Wildman–Crippen MR) is 46.2 cm³/mol. The number of rotatable bonds is 2. The number of aryl methyl sites for hydroxylation is 2. The van der Waals surface area contributed by atoms with Gasteiger partial charge in [-0.3, -0.25) is 0 Å². The van der Waals surface area contributed by atoms with Gasteiger partial charge in [0.2, 0.25) is 0 Å². The molecule has 0 amide bonds. The summed E-state index contributed by atoms with van der Waals surface area (Å²) in [7, 11) is 0. The Hall–Kier alpha value is -0.505. The molecule has 0 atom stereocenters. The summed E-state index contributed by atoms with van der Waals surface area (Å²) in [6.45, 7) is 3.95. The molecule has 0 radical (unpaired) electrons. The summed E-state index contributed by atoms with van der Waals surface area (Å²) in [5, 5.41) is 0. The van der Waals surface area contributed by atoms with Crippen LogP contribution in [0, 0.1) is 13.8 Å². The Morgan fingerprint density at radius 2 is 1.31 bits per heavy atom. The van der Waals surface area contributed by atoms with Crippen molar-refractivity contribution in [1.29, 1.82) is 0 Å². The molecule has 2 nitrogen and oxygen atoms in total. The second kappa shape index (κ2) is 3.70.